The van der Waals surface area contributed by atoms with Crippen LogP contribution < -0.4 is 11.3 Å². The van der Waals surface area contributed by atoms with Crippen LogP contribution in [0.25, 0.3) is 0 Å². The van der Waals surface area contributed by atoms with E-state index in [9.17, 15) is 13.2 Å². The van der Waals surface area contributed by atoms with Crippen LogP contribution in [-0.2, 0) is 0 Å². The van der Waals surface area contributed by atoms with Gasteiger partial charge < -0.3 is 0 Å². The number of nitrogens with two attached hydrogens (primary N) is 1. The minimum Gasteiger partial charge on any atom is -0.271 e. The Hall–Kier alpha value is -0.0000000000000000555. The molecule has 0 aromatic heterocycles. The maximum atomic E-state index is 12.0. The van der Waals surface area contributed by atoms with Gasteiger partial charge in [0, 0.05) is 12.0 Å². The lowest BCUT2D eigenvalue weighted by atomic mass is 9.38. The minimum absolute atomic E-state index is 0. The number of hydrazine groups is 1. The Morgan fingerprint density at radius 2 is 1.69 bits per heavy atom. The molecular formula is C7H12ClF3N2. The fraction of sp³-hybridized carbons (Fsp3) is 1.00. The Kier molecular flexibility index (Phi) is 2.34. The largest absolute Gasteiger partial charge is 0.389 e. The van der Waals surface area contributed by atoms with E-state index in [0.717, 1.165) is 0 Å². The van der Waals surface area contributed by atoms with Crippen LogP contribution >= 0.6 is 12.4 Å². The molecule has 2 nitrogen and oxygen atoms in total. The molecule has 3 rings (SSSR count). The van der Waals surface area contributed by atoms with E-state index in [0.29, 0.717) is 19.3 Å². The predicted octanol–water partition coefficient (Wildman–Crippen LogP) is 1.75. The second-order valence-corrected chi connectivity index (χ2v) is 4.25. The molecule has 0 aromatic rings. The molecule has 0 unspecified atom stereocenters. The molecule has 0 atom stereocenters. The lowest BCUT2D eigenvalue weighted by molar-refractivity contribution is -0.238. The number of halogens is 4. The summed E-state index contributed by atoms with van der Waals surface area (Å²) >= 11 is 0. The van der Waals surface area contributed by atoms with Gasteiger partial charge in [-0.05, 0) is 24.7 Å². The summed E-state index contributed by atoms with van der Waals surface area (Å²) in [5, 5.41) is 0. The first-order valence-electron chi connectivity index (χ1n) is 3.93. The Bertz CT molecular complexity index is 196. The molecule has 2 bridgehead atoms. The molecule has 78 valence electrons. The molecule has 6 heteroatoms. The quantitative estimate of drug-likeness (QED) is 0.545. The van der Waals surface area contributed by atoms with Crippen LogP contribution in [0.15, 0.2) is 0 Å². The van der Waals surface area contributed by atoms with Crippen LogP contribution in [0.1, 0.15) is 25.7 Å². The molecule has 0 saturated heterocycles. The molecule has 0 amide bonds. The van der Waals surface area contributed by atoms with Gasteiger partial charge in [0.15, 0.2) is 0 Å². The highest BCUT2D eigenvalue weighted by molar-refractivity contribution is 5.85. The fourth-order valence-corrected chi connectivity index (χ4v) is 2.76. The Morgan fingerprint density at radius 3 is 2.00 bits per heavy atom. The molecule has 0 aliphatic heterocycles. The first-order chi connectivity index (χ1) is 5.39. The van der Waals surface area contributed by atoms with Crippen LogP contribution in [0.2, 0.25) is 0 Å². The number of rotatable bonds is 2. The van der Waals surface area contributed by atoms with Crippen molar-refractivity contribution in [3.05, 3.63) is 0 Å². The SMILES string of the molecule is Cl.NNC12CC(CC(F)(F)F)(C1)C2. The van der Waals surface area contributed by atoms with E-state index in [1.54, 1.807) is 0 Å². The van der Waals surface area contributed by atoms with E-state index in [4.69, 9.17) is 5.84 Å². The van der Waals surface area contributed by atoms with Crippen LogP contribution in [0, 0.1) is 5.41 Å². The maximum Gasteiger partial charge on any atom is 0.389 e. The highest BCUT2D eigenvalue weighted by Crippen LogP contribution is 2.70. The second kappa shape index (κ2) is 2.74. The van der Waals surface area contributed by atoms with Crippen LogP contribution in [-0.4, -0.2) is 11.7 Å². The van der Waals surface area contributed by atoms with Gasteiger partial charge in [-0.25, -0.2) is 0 Å². The summed E-state index contributed by atoms with van der Waals surface area (Å²) in [6.45, 7) is 0. The van der Waals surface area contributed by atoms with Crippen molar-refractivity contribution in [2.75, 3.05) is 0 Å². The molecule has 3 fully saturated rings. The molecule has 3 saturated carbocycles. The van der Waals surface area contributed by atoms with E-state index in [1.807, 2.05) is 0 Å². The minimum atomic E-state index is -4.01. The van der Waals surface area contributed by atoms with Gasteiger partial charge in [-0.15, -0.1) is 12.4 Å². The summed E-state index contributed by atoms with van der Waals surface area (Å²) in [6.07, 6.45) is -2.87. The van der Waals surface area contributed by atoms with Crippen LogP contribution in [0.4, 0.5) is 13.2 Å². The van der Waals surface area contributed by atoms with Crippen molar-refractivity contribution in [2.24, 2.45) is 11.3 Å². The third-order valence-electron chi connectivity index (χ3n) is 3.02. The first kappa shape index (κ1) is 11.1. The summed E-state index contributed by atoms with van der Waals surface area (Å²) in [5.41, 5.74) is 2.00. The van der Waals surface area contributed by atoms with Crippen LogP contribution in [0.5, 0.6) is 0 Å². The van der Waals surface area contributed by atoms with E-state index in [1.165, 1.54) is 0 Å². The smallest absolute Gasteiger partial charge is 0.271 e. The molecule has 3 aliphatic rings. The molecular weight excluding hydrogens is 205 g/mol. The molecule has 3 N–H and O–H groups in total. The number of nitrogens with one attached hydrogen (secondary N) is 1. The van der Waals surface area contributed by atoms with Crippen molar-refractivity contribution in [2.45, 2.75) is 37.4 Å². The summed E-state index contributed by atoms with van der Waals surface area (Å²) in [7, 11) is 0. The van der Waals surface area contributed by atoms with Gasteiger partial charge in [0.2, 0.25) is 0 Å². The molecule has 0 heterocycles. The normalized spacial score (nSPS) is 41.5. The van der Waals surface area contributed by atoms with Crippen molar-refractivity contribution < 1.29 is 13.2 Å². The maximum absolute atomic E-state index is 12.0. The van der Waals surface area contributed by atoms with E-state index in [-0.39, 0.29) is 17.9 Å². The van der Waals surface area contributed by atoms with Crippen molar-refractivity contribution in [1.29, 1.82) is 0 Å². The first-order valence-corrected chi connectivity index (χ1v) is 3.93. The molecule has 0 spiro atoms. The van der Waals surface area contributed by atoms with Crippen LogP contribution in [0.3, 0.4) is 0 Å². The molecule has 13 heavy (non-hydrogen) atoms. The Labute approximate surface area is 80.4 Å². The van der Waals surface area contributed by atoms with E-state index in [2.05, 4.69) is 5.43 Å². The summed E-state index contributed by atoms with van der Waals surface area (Å²) in [4.78, 5) is 0. The topological polar surface area (TPSA) is 38.0 Å². The summed E-state index contributed by atoms with van der Waals surface area (Å²) < 4.78 is 35.9. The monoisotopic (exact) mass is 216 g/mol. The Morgan fingerprint density at radius 1 is 1.23 bits per heavy atom. The van der Waals surface area contributed by atoms with E-state index < -0.39 is 18.0 Å². The highest BCUT2D eigenvalue weighted by atomic mass is 35.5. The second-order valence-electron chi connectivity index (χ2n) is 4.25. The van der Waals surface area contributed by atoms with Crippen molar-refractivity contribution >= 4 is 12.4 Å². The third kappa shape index (κ3) is 1.65. The van der Waals surface area contributed by atoms with Gasteiger partial charge in [0.25, 0.3) is 0 Å². The zero-order valence-electron chi connectivity index (χ0n) is 6.95. The number of alkyl halides is 3. The lowest BCUT2D eigenvalue weighted by Crippen LogP contribution is -2.75. The fourth-order valence-electron chi connectivity index (χ4n) is 2.76. The summed E-state index contributed by atoms with van der Waals surface area (Å²) in [6, 6.07) is 0. The van der Waals surface area contributed by atoms with Gasteiger partial charge in [0.1, 0.15) is 0 Å². The van der Waals surface area contributed by atoms with Gasteiger partial charge in [-0.3, -0.25) is 11.3 Å². The Balaban J connectivity index is 0.000000845. The van der Waals surface area contributed by atoms with Gasteiger partial charge in [0.05, 0.1) is 0 Å². The molecule has 3 aliphatic carbocycles. The average Bonchev–Trinajstić information content (AvgIpc) is 1.72. The lowest BCUT2D eigenvalue weighted by Gasteiger charge is -2.70. The molecule has 0 aromatic carbocycles. The zero-order valence-corrected chi connectivity index (χ0v) is 7.76. The standard InChI is InChI=1S/C7H11F3N2.ClH/c8-7(9,10)4-5-1-6(2-5,3-5)12-11;/h12H,1-4,11H2;1H. The molecule has 0 radical (unpaired) electrons. The van der Waals surface area contributed by atoms with Crippen molar-refractivity contribution in [1.82, 2.24) is 5.43 Å². The van der Waals surface area contributed by atoms with Crippen molar-refractivity contribution in [3.63, 3.8) is 0 Å². The number of hydrogen-bond donors (Lipinski definition) is 2. The van der Waals surface area contributed by atoms with Crippen molar-refractivity contribution in [3.8, 4) is 0 Å². The van der Waals surface area contributed by atoms with Gasteiger partial charge in [-0.1, -0.05) is 0 Å². The zero-order chi connectivity index (χ0) is 9.04. The average molecular weight is 217 g/mol. The predicted molar refractivity (Wildman–Crippen MR) is 44.3 cm³/mol. The highest BCUT2D eigenvalue weighted by Gasteiger charge is 2.69. The van der Waals surface area contributed by atoms with Gasteiger partial charge in [-0.2, -0.15) is 13.2 Å². The van der Waals surface area contributed by atoms with E-state index >= 15 is 0 Å². The third-order valence-corrected chi connectivity index (χ3v) is 3.02. The summed E-state index contributed by atoms with van der Waals surface area (Å²) in [5.74, 6) is 5.20. The van der Waals surface area contributed by atoms with Gasteiger partial charge >= 0.3 is 6.18 Å². The number of hydrogen-bond acceptors (Lipinski definition) is 2.